The first-order valence-corrected chi connectivity index (χ1v) is 4.11. The SMILES string of the molecule is N#Cc1ccc(C[C@H](N)CO)cc1. The number of nitriles is 1. The van der Waals surface area contributed by atoms with Crippen LogP contribution < -0.4 is 5.73 Å². The van der Waals surface area contributed by atoms with Crippen LogP contribution in [-0.4, -0.2) is 17.8 Å². The summed E-state index contributed by atoms with van der Waals surface area (Å²) in [7, 11) is 0. The van der Waals surface area contributed by atoms with Gasteiger partial charge in [-0.25, -0.2) is 0 Å². The van der Waals surface area contributed by atoms with Crippen molar-refractivity contribution >= 4 is 0 Å². The normalized spacial score (nSPS) is 12.1. The average Bonchev–Trinajstić information content (AvgIpc) is 2.19. The Hall–Kier alpha value is -1.37. The Bertz CT molecular complexity index is 300. The molecule has 0 saturated carbocycles. The number of aliphatic hydroxyl groups excluding tert-OH is 1. The van der Waals surface area contributed by atoms with Crippen LogP contribution in [0.3, 0.4) is 0 Å². The van der Waals surface area contributed by atoms with Crippen molar-refractivity contribution < 1.29 is 5.11 Å². The Labute approximate surface area is 77.4 Å². The number of hydrogen-bond acceptors (Lipinski definition) is 3. The van der Waals surface area contributed by atoms with Gasteiger partial charge in [0, 0.05) is 6.04 Å². The van der Waals surface area contributed by atoms with Crippen molar-refractivity contribution in [3.05, 3.63) is 35.4 Å². The first-order valence-electron chi connectivity index (χ1n) is 4.11. The largest absolute Gasteiger partial charge is 0.395 e. The molecule has 3 heteroatoms. The van der Waals surface area contributed by atoms with Crippen molar-refractivity contribution in [1.82, 2.24) is 0 Å². The summed E-state index contributed by atoms with van der Waals surface area (Å²) in [6, 6.07) is 9.04. The lowest BCUT2D eigenvalue weighted by Crippen LogP contribution is -2.26. The zero-order valence-electron chi connectivity index (χ0n) is 7.27. The number of aliphatic hydroxyl groups is 1. The quantitative estimate of drug-likeness (QED) is 0.701. The van der Waals surface area contributed by atoms with E-state index in [9.17, 15) is 0 Å². The standard InChI is InChI=1S/C10H12N2O/c11-6-9-3-1-8(2-4-9)5-10(12)7-13/h1-4,10,13H,5,7,12H2/t10-/m0/s1. The van der Waals surface area contributed by atoms with Crippen LogP contribution in [0.2, 0.25) is 0 Å². The molecular weight excluding hydrogens is 164 g/mol. The molecule has 1 aromatic rings. The number of hydrogen-bond donors (Lipinski definition) is 2. The molecule has 68 valence electrons. The summed E-state index contributed by atoms with van der Waals surface area (Å²) < 4.78 is 0. The van der Waals surface area contributed by atoms with Crippen LogP contribution >= 0.6 is 0 Å². The number of benzene rings is 1. The van der Waals surface area contributed by atoms with Gasteiger partial charge in [-0.15, -0.1) is 0 Å². The molecule has 0 unspecified atom stereocenters. The minimum atomic E-state index is -0.215. The molecule has 13 heavy (non-hydrogen) atoms. The van der Waals surface area contributed by atoms with Gasteiger partial charge >= 0.3 is 0 Å². The highest BCUT2D eigenvalue weighted by Crippen LogP contribution is 2.05. The summed E-state index contributed by atoms with van der Waals surface area (Å²) in [5.41, 5.74) is 7.24. The number of rotatable bonds is 3. The van der Waals surface area contributed by atoms with Crippen LogP contribution in [0.15, 0.2) is 24.3 Å². The molecular formula is C10H12N2O. The fourth-order valence-corrected chi connectivity index (χ4v) is 1.08. The smallest absolute Gasteiger partial charge is 0.0991 e. The van der Waals surface area contributed by atoms with Crippen LogP contribution in [0.4, 0.5) is 0 Å². The van der Waals surface area contributed by atoms with Crippen LogP contribution in [0, 0.1) is 11.3 Å². The molecule has 0 aliphatic heterocycles. The van der Waals surface area contributed by atoms with Crippen molar-refractivity contribution in [2.45, 2.75) is 12.5 Å². The molecule has 3 N–H and O–H groups in total. The highest BCUT2D eigenvalue weighted by Gasteiger charge is 2.01. The maximum atomic E-state index is 8.72. The van der Waals surface area contributed by atoms with Gasteiger partial charge in [0.05, 0.1) is 18.2 Å². The highest BCUT2D eigenvalue weighted by atomic mass is 16.3. The fraction of sp³-hybridized carbons (Fsp3) is 0.300. The van der Waals surface area contributed by atoms with Gasteiger partial charge in [-0.2, -0.15) is 5.26 Å². The second-order valence-corrected chi connectivity index (χ2v) is 2.96. The predicted octanol–water partition coefficient (Wildman–Crippen LogP) is 0.420. The van der Waals surface area contributed by atoms with Crippen molar-refractivity contribution in [3.63, 3.8) is 0 Å². The zero-order chi connectivity index (χ0) is 9.68. The van der Waals surface area contributed by atoms with Gasteiger partial charge in [0.15, 0.2) is 0 Å². The second kappa shape index (κ2) is 4.61. The fourth-order valence-electron chi connectivity index (χ4n) is 1.08. The van der Waals surface area contributed by atoms with E-state index in [0.29, 0.717) is 12.0 Å². The van der Waals surface area contributed by atoms with Crippen LogP contribution in [-0.2, 0) is 6.42 Å². The Morgan fingerprint density at radius 3 is 2.46 bits per heavy atom. The van der Waals surface area contributed by atoms with Crippen molar-refractivity contribution in [2.75, 3.05) is 6.61 Å². The molecule has 1 atom stereocenters. The highest BCUT2D eigenvalue weighted by molar-refractivity contribution is 5.31. The van der Waals surface area contributed by atoms with Crippen molar-refractivity contribution in [1.29, 1.82) is 5.26 Å². The lowest BCUT2D eigenvalue weighted by molar-refractivity contribution is 0.265. The molecule has 0 aliphatic carbocycles. The maximum absolute atomic E-state index is 8.72. The molecule has 0 heterocycles. The van der Waals surface area contributed by atoms with E-state index in [4.69, 9.17) is 16.1 Å². The lowest BCUT2D eigenvalue weighted by atomic mass is 10.1. The third kappa shape index (κ3) is 2.86. The van der Waals surface area contributed by atoms with E-state index in [1.54, 1.807) is 12.1 Å². The van der Waals surface area contributed by atoms with E-state index >= 15 is 0 Å². The van der Waals surface area contributed by atoms with Gasteiger partial charge in [0.25, 0.3) is 0 Å². The topological polar surface area (TPSA) is 70.0 Å². The van der Waals surface area contributed by atoms with E-state index in [2.05, 4.69) is 0 Å². The third-order valence-corrected chi connectivity index (χ3v) is 1.82. The van der Waals surface area contributed by atoms with E-state index in [1.165, 1.54) is 0 Å². The Morgan fingerprint density at radius 2 is 2.00 bits per heavy atom. The monoisotopic (exact) mass is 176 g/mol. The molecule has 0 aliphatic rings. The Morgan fingerprint density at radius 1 is 1.38 bits per heavy atom. The molecule has 0 amide bonds. The summed E-state index contributed by atoms with van der Waals surface area (Å²) >= 11 is 0. The van der Waals surface area contributed by atoms with E-state index in [1.807, 2.05) is 18.2 Å². The molecule has 0 radical (unpaired) electrons. The summed E-state index contributed by atoms with van der Waals surface area (Å²) in [6.07, 6.45) is 0.641. The zero-order valence-corrected chi connectivity index (χ0v) is 7.27. The van der Waals surface area contributed by atoms with Crippen molar-refractivity contribution in [2.24, 2.45) is 5.73 Å². The first kappa shape index (κ1) is 9.72. The first-order chi connectivity index (χ1) is 6.26. The summed E-state index contributed by atoms with van der Waals surface area (Å²) in [5.74, 6) is 0. The van der Waals surface area contributed by atoms with Gasteiger partial charge in [-0.1, -0.05) is 12.1 Å². The average molecular weight is 176 g/mol. The van der Waals surface area contributed by atoms with Gasteiger partial charge in [-0.05, 0) is 24.1 Å². The van der Waals surface area contributed by atoms with Gasteiger partial charge in [0.1, 0.15) is 0 Å². The van der Waals surface area contributed by atoms with E-state index in [-0.39, 0.29) is 12.6 Å². The molecule has 0 fully saturated rings. The molecule has 0 aromatic heterocycles. The van der Waals surface area contributed by atoms with Gasteiger partial charge in [-0.3, -0.25) is 0 Å². The Balaban J connectivity index is 2.65. The summed E-state index contributed by atoms with van der Waals surface area (Å²) in [4.78, 5) is 0. The van der Waals surface area contributed by atoms with E-state index in [0.717, 1.165) is 5.56 Å². The molecule has 0 bridgehead atoms. The Kier molecular flexibility index (Phi) is 3.44. The van der Waals surface area contributed by atoms with Gasteiger partial charge < -0.3 is 10.8 Å². The minimum absolute atomic E-state index is 0.0139. The molecule has 1 aromatic carbocycles. The summed E-state index contributed by atoms with van der Waals surface area (Å²) in [5, 5.41) is 17.3. The minimum Gasteiger partial charge on any atom is -0.395 e. The van der Waals surface area contributed by atoms with E-state index < -0.39 is 0 Å². The molecule has 3 nitrogen and oxygen atoms in total. The number of nitrogens with two attached hydrogens (primary N) is 1. The third-order valence-electron chi connectivity index (χ3n) is 1.82. The van der Waals surface area contributed by atoms with Gasteiger partial charge in [0.2, 0.25) is 0 Å². The maximum Gasteiger partial charge on any atom is 0.0991 e. The molecule has 0 saturated heterocycles. The van der Waals surface area contributed by atoms with Crippen LogP contribution in [0.25, 0.3) is 0 Å². The van der Waals surface area contributed by atoms with Crippen LogP contribution in [0.1, 0.15) is 11.1 Å². The molecule has 1 rings (SSSR count). The number of nitrogens with zero attached hydrogens (tertiary/aromatic N) is 1. The predicted molar refractivity (Wildman–Crippen MR) is 49.9 cm³/mol. The van der Waals surface area contributed by atoms with Crippen molar-refractivity contribution in [3.8, 4) is 6.07 Å². The van der Waals surface area contributed by atoms with Crippen LogP contribution in [0.5, 0.6) is 0 Å². The molecule has 0 spiro atoms. The summed E-state index contributed by atoms with van der Waals surface area (Å²) in [6.45, 7) is -0.0139. The second-order valence-electron chi connectivity index (χ2n) is 2.96. The lowest BCUT2D eigenvalue weighted by Gasteiger charge is -2.07.